The Balaban J connectivity index is 0.000000247. The predicted molar refractivity (Wildman–Crippen MR) is 218 cm³/mol. The number of rotatable bonds is 12. The Morgan fingerprint density at radius 3 is 1.06 bits per heavy atom. The lowest BCUT2D eigenvalue weighted by Crippen LogP contribution is -2.54. The number of carbonyl (C=O) groups is 2. The number of carbonyl (C=O) groups excluding carboxylic acids is 2. The molecule has 0 aliphatic carbocycles. The number of nitrogens with one attached hydrogen (secondary N) is 2. The molecule has 2 saturated heterocycles. The summed E-state index contributed by atoms with van der Waals surface area (Å²) >= 11 is 0. The summed E-state index contributed by atoms with van der Waals surface area (Å²) < 4.78 is 170. The van der Waals surface area contributed by atoms with Gasteiger partial charge in [-0.1, -0.05) is 60.7 Å². The number of halogens is 12. The van der Waals surface area contributed by atoms with E-state index in [2.05, 4.69) is 10.6 Å². The Hall–Kier alpha value is -5.18. The highest BCUT2D eigenvalue weighted by atomic mass is 19.4. The number of piperidine rings is 2. The van der Waals surface area contributed by atoms with Gasteiger partial charge in [0.25, 0.3) is 0 Å². The van der Waals surface area contributed by atoms with E-state index in [1.54, 1.807) is 0 Å². The van der Waals surface area contributed by atoms with E-state index >= 15 is 0 Å². The number of amides is 2. The van der Waals surface area contributed by atoms with Crippen LogP contribution in [0.15, 0.2) is 97.1 Å². The number of hydrogen-bond acceptors (Lipinski definition) is 6. The zero-order chi connectivity index (χ0) is 48.9. The fourth-order valence-corrected chi connectivity index (χ4v) is 7.92. The molecule has 0 aromatic heterocycles. The number of hydrogen-bond donors (Lipinski definition) is 4. The fourth-order valence-electron chi connectivity index (χ4n) is 7.92. The molecule has 4 aromatic rings. The molecule has 2 aliphatic rings. The van der Waals surface area contributed by atoms with Gasteiger partial charge in [0, 0.05) is 13.1 Å². The van der Waals surface area contributed by atoms with Crippen LogP contribution in [0.2, 0.25) is 0 Å². The van der Waals surface area contributed by atoms with Crippen LogP contribution in [0.1, 0.15) is 96.2 Å². The lowest BCUT2D eigenvalue weighted by Gasteiger charge is -2.41. The zero-order valence-corrected chi connectivity index (χ0v) is 35.5. The van der Waals surface area contributed by atoms with E-state index in [0.717, 1.165) is 11.1 Å². The van der Waals surface area contributed by atoms with Crippen molar-refractivity contribution in [3.8, 4) is 0 Å². The van der Waals surface area contributed by atoms with Crippen molar-refractivity contribution in [2.45, 2.75) is 87.5 Å². The molecule has 0 bridgehead atoms. The maximum atomic E-state index is 13.2. The molecule has 8 nitrogen and oxygen atoms in total. The molecule has 2 amide bonds. The molecule has 2 heterocycles. The van der Waals surface area contributed by atoms with Crippen LogP contribution < -0.4 is 22.1 Å². The first-order valence-electron chi connectivity index (χ1n) is 20.7. The zero-order valence-electron chi connectivity index (χ0n) is 35.5. The van der Waals surface area contributed by atoms with Gasteiger partial charge >= 0.3 is 24.7 Å². The highest BCUT2D eigenvalue weighted by Crippen LogP contribution is 2.41. The third-order valence-electron chi connectivity index (χ3n) is 12.0. The Kier molecular flexibility index (Phi) is 16.0. The van der Waals surface area contributed by atoms with Gasteiger partial charge in [-0.3, -0.25) is 9.59 Å². The van der Waals surface area contributed by atoms with Gasteiger partial charge in [0.2, 0.25) is 11.8 Å². The van der Waals surface area contributed by atoms with Gasteiger partial charge in [-0.15, -0.1) is 0 Å². The molecule has 6 rings (SSSR count). The quantitative estimate of drug-likeness (QED) is 0.105. The Bertz CT molecular complexity index is 2030. The van der Waals surface area contributed by atoms with Gasteiger partial charge in [0.05, 0.1) is 70.6 Å². The van der Waals surface area contributed by atoms with Gasteiger partial charge in [-0.25, -0.2) is 0 Å². The summed E-state index contributed by atoms with van der Waals surface area (Å²) in [5.41, 5.74) is 4.91. The molecule has 6 N–H and O–H groups in total. The summed E-state index contributed by atoms with van der Waals surface area (Å²) in [6.45, 7) is 3.32. The minimum Gasteiger partial charge on any atom is -0.372 e. The average molecular weight is 949 g/mol. The van der Waals surface area contributed by atoms with E-state index in [0.29, 0.717) is 49.9 Å². The number of nitrogens with two attached hydrogens (primary N) is 2. The second kappa shape index (κ2) is 20.4. The SMILES string of the molecule is C[C@@H](OCC1(c2ccccc2)CC[C@@H](C(N)=O)CN1)c1cc(C(F)(F)F)cc(C(F)(F)F)c1.C[C@@H](OCC1(c2ccccc2)CC[C@H](C(N)=O)CN1)c1cc(C(F)(F)F)cc(C(F)(F)F)c1. The van der Waals surface area contributed by atoms with Gasteiger partial charge in [0.1, 0.15) is 0 Å². The molecule has 0 saturated carbocycles. The molecular weight excluding hydrogens is 901 g/mol. The van der Waals surface area contributed by atoms with E-state index in [4.69, 9.17) is 20.9 Å². The molecule has 20 heteroatoms. The second-order valence-corrected chi connectivity index (χ2v) is 16.5. The van der Waals surface area contributed by atoms with Crippen LogP contribution in [-0.2, 0) is 54.8 Å². The van der Waals surface area contributed by atoms with Crippen molar-refractivity contribution in [3.63, 3.8) is 0 Å². The standard InChI is InChI=1S/2C23H24F6N2O2/c2*1-14(16-9-18(22(24,25)26)11-19(10-16)23(27,28)29)33-13-21(17-5-3-2-4-6-17)8-7-15(12-31-21)20(30)32/h2*2-6,9-11,14-15,31H,7-8,12-13H2,1H3,(H2,30,32)/t14-,15+,21?;14-,15-,21?/m11/s1. The first-order chi connectivity index (χ1) is 30.6. The Morgan fingerprint density at radius 1 is 0.545 bits per heavy atom. The molecule has 6 atom stereocenters. The maximum absolute atomic E-state index is 13.2. The van der Waals surface area contributed by atoms with Crippen LogP contribution in [0.3, 0.4) is 0 Å². The molecule has 360 valence electrons. The van der Waals surface area contributed by atoms with Crippen molar-refractivity contribution in [1.82, 2.24) is 10.6 Å². The van der Waals surface area contributed by atoms with Gasteiger partial charge < -0.3 is 31.6 Å². The maximum Gasteiger partial charge on any atom is 0.416 e. The summed E-state index contributed by atoms with van der Waals surface area (Å²) in [4.78, 5) is 23.1. The Labute approximate surface area is 372 Å². The van der Waals surface area contributed by atoms with E-state index < -0.39 is 82.1 Å². The summed E-state index contributed by atoms with van der Waals surface area (Å²) in [6.07, 6.45) is -20.0. The van der Waals surface area contributed by atoms with Gasteiger partial charge in [-0.2, -0.15) is 52.7 Å². The highest BCUT2D eigenvalue weighted by Gasteiger charge is 2.42. The largest absolute Gasteiger partial charge is 0.416 e. The van der Waals surface area contributed by atoms with Crippen molar-refractivity contribution in [3.05, 3.63) is 142 Å². The molecule has 2 aliphatic heterocycles. The van der Waals surface area contributed by atoms with Crippen molar-refractivity contribution < 1.29 is 71.7 Å². The average Bonchev–Trinajstić information content (AvgIpc) is 3.27. The van der Waals surface area contributed by atoms with E-state index in [-0.39, 0.29) is 61.4 Å². The topological polar surface area (TPSA) is 129 Å². The van der Waals surface area contributed by atoms with E-state index in [1.807, 2.05) is 60.7 Å². The van der Waals surface area contributed by atoms with E-state index in [9.17, 15) is 62.3 Å². The fraction of sp³-hybridized carbons (Fsp3) is 0.435. The monoisotopic (exact) mass is 948 g/mol. The number of benzene rings is 4. The van der Waals surface area contributed by atoms with E-state index in [1.165, 1.54) is 13.8 Å². The predicted octanol–water partition coefficient (Wildman–Crippen LogP) is 10.4. The smallest absolute Gasteiger partial charge is 0.372 e. The lowest BCUT2D eigenvalue weighted by molar-refractivity contribution is -0.145. The van der Waals surface area contributed by atoms with Crippen LogP contribution in [-0.4, -0.2) is 38.1 Å². The van der Waals surface area contributed by atoms with Crippen LogP contribution in [0.25, 0.3) is 0 Å². The van der Waals surface area contributed by atoms with Gasteiger partial charge in [0.15, 0.2) is 0 Å². The van der Waals surface area contributed by atoms with Crippen LogP contribution in [0.4, 0.5) is 52.7 Å². The molecule has 66 heavy (non-hydrogen) atoms. The van der Waals surface area contributed by atoms with Crippen molar-refractivity contribution in [2.75, 3.05) is 26.3 Å². The highest BCUT2D eigenvalue weighted by molar-refractivity contribution is 5.77. The minimum absolute atomic E-state index is 0.0265. The molecular formula is C46H48F12N4O4. The van der Waals surface area contributed by atoms with Gasteiger partial charge in [-0.05, 0) is 98.2 Å². The first kappa shape index (κ1) is 51.8. The van der Waals surface area contributed by atoms with Crippen molar-refractivity contribution >= 4 is 11.8 Å². The summed E-state index contributed by atoms with van der Waals surface area (Å²) in [7, 11) is 0. The molecule has 0 radical (unpaired) electrons. The summed E-state index contributed by atoms with van der Waals surface area (Å²) in [6, 6.07) is 21.1. The third-order valence-corrected chi connectivity index (χ3v) is 12.0. The van der Waals surface area contributed by atoms with Crippen molar-refractivity contribution in [2.24, 2.45) is 23.3 Å². The summed E-state index contributed by atoms with van der Waals surface area (Å²) in [5.74, 6) is -1.64. The molecule has 2 fully saturated rings. The first-order valence-corrected chi connectivity index (χ1v) is 20.7. The normalized spacial score (nSPS) is 22.7. The van der Waals surface area contributed by atoms with Crippen LogP contribution >= 0.6 is 0 Å². The molecule has 2 unspecified atom stereocenters. The number of ether oxygens (including phenoxy) is 2. The lowest BCUT2D eigenvalue weighted by atomic mass is 9.79. The van der Waals surface area contributed by atoms with Crippen molar-refractivity contribution in [1.29, 1.82) is 0 Å². The third kappa shape index (κ3) is 13.0. The number of alkyl halides is 12. The summed E-state index contributed by atoms with van der Waals surface area (Å²) in [5, 5.41) is 6.55. The van der Waals surface area contributed by atoms with Crippen LogP contribution in [0.5, 0.6) is 0 Å². The number of primary amides is 2. The van der Waals surface area contributed by atoms with Crippen LogP contribution in [0, 0.1) is 11.8 Å². The Morgan fingerprint density at radius 2 is 0.833 bits per heavy atom. The molecule has 0 spiro atoms. The minimum atomic E-state index is -4.93. The second-order valence-electron chi connectivity index (χ2n) is 16.5. The molecule has 4 aromatic carbocycles.